The van der Waals surface area contributed by atoms with Crippen LogP contribution in [-0.4, -0.2) is 17.1 Å². The molecule has 2 unspecified atom stereocenters. The molecule has 1 aromatic carbocycles. The molecule has 2 atom stereocenters. The van der Waals surface area contributed by atoms with E-state index in [9.17, 15) is 9.90 Å². The van der Waals surface area contributed by atoms with Crippen molar-refractivity contribution in [1.29, 1.82) is 0 Å². The molecule has 1 aromatic rings. The van der Waals surface area contributed by atoms with Crippen LogP contribution in [0.4, 0.5) is 0 Å². The van der Waals surface area contributed by atoms with Crippen molar-refractivity contribution in [1.82, 2.24) is 5.32 Å². The fourth-order valence-electron chi connectivity index (χ4n) is 2.74. The van der Waals surface area contributed by atoms with E-state index in [1.165, 1.54) is 11.1 Å². The Morgan fingerprint density at radius 1 is 1.50 bits per heavy atom. The number of rotatable bonds is 5. The Morgan fingerprint density at radius 3 is 3.00 bits per heavy atom. The molecule has 0 spiro atoms. The predicted molar refractivity (Wildman–Crippen MR) is 71.6 cm³/mol. The average Bonchev–Trinajstić information content (AvgIpc) is 2.38. The zero-order valence-corrected chi connectivity index (χ0v) is 10.9. The SMILES string of the molecule is CCCC(NC1CCCc2ccccc21)C(=O)O. The summed E-state index contributed by atoms with van der Waals surface area (Å²) in [5.41, 5.74) is 2.65. The van der Waals surface area contributed by atoms with E-state index in [0.29, 0.717) is 6.42 Å². The van der Waals surface area contributed by atoms with Crippen molar-refractivity contribution in [2.75, 3.05) is 0 Å². The summed E-state index contributed by atoms with van der Waals surface area (Å²) in [5.74, 6) is -0.736. The number of carboxylic acids is 1. The maximum absolute atomic E-state index is 11.2. The summed E-state index contributed by atoms with van der Waals surface area (Å²) >= 11 is 0. The Labute approximate surface area is 108 Å². The molecule has 0 saturated carbocycles. The second-order valence-electron chi connectivity index (χ2n) is 4.99. The predicted octanol–water partition coefficient (Wildman–Crippen LogP) is 2.91. The maximum atomic E-state index is 11.2. The van der Waals surface area contributed by atoms with Gasteiger partial charge in [0.15, 0.2) is 0 Å². The lowest BCUT2D eigenvalue weighted by Gasteiger charge is -2.29. The summed E-state index contributed by atoms with van der Waals surface area (Å²) in [4.78, 5) is 11.2. The largest absolute Gasteiger partial charge is 0.480 e. The Hall–Kier alpha value is -1.35. The van der Waals surface area contributed by atoms with Crippen molar-refractivity contribution in [3.8, 4) is 0 Å². The quantitative estimate of drug-likeness (QED) is 0.841. The van der Waals surface area contributed by atoms with Crippen LogP contribution in [0.3, 0.4) is 0 Å². The number of carbonyl (C=O) groups is 1. The minimum atomic E-state index is -0.736. The highest BCUT2D eigenvalue weighted by atomic mass is 16.4. The monoisotopic (exact) mass is 247 g/mol. The first-order valence-electron chi connectivity index (χ1n) is 6.79. The second-order valence-corrected chi connectivity index (χ2v) is 4.99. The third-order valence-corrected chi connectivity index (χ3v) is 3.65. The summed E-state index contributed by atoms with van der Waals surface area (Å²) < 4.78 is 0. The molecule has 0 aliphatic heterocycles. The zero-order valence-electron chi connectivity index (χ0n) is 10.9. The maximum Gasteiger partial charge on any atom is 0.320 e. The fourth-order valence-corrected chi connectivity index (χ4v) is 2.74. The van der Waals surface area contributed by atoms with Crippen LogP contribution >= 0.6 is 0 Å². The Morgan fingerprint density at radius 2 is 2.28 bits per heavy atom. The van der Waals surface area contributed by atoms with Gasteiger partial charge in [-0.25, -0.2) is 0 Å². The van der Waals surface area contributed by atoms with Gasteiger partial charge in [0, 0.05) is 6.04 Å². The van der Waals surface area contributed by atoms with Crippen molar-refractivity contribution < 1.29 is 9.90 Å². The Bertz CT molecular complexity index is 417. The van der Waals surface area contributed by atoms with Crippen LogP contribution in [0.2, 0.25) is 0 Å². The van der Waals surface area contributed by atoms with E-state index in [0.717, 1.165) is 25.7 Å². The molecule has 1 aliphatic carbocycles. The number of hydrogen-bond donors (Lipinski definition) is 2. The molecule has 0 radical (unpaired) electrons. The van der Waals surface area contributed by atoms with Gasteiger partial charge >= 0.3 is 5.97 Å². The van der Waals surface area contributed by atoms with E-state index in [4.69, 9.17) is 0 Å². The van der Waals surface area contributed by atoms with Crippen molar-refractivity contribution >= 4 is 5.97 Å². The first kappa shape index (κ1) is 13.1. The van der Waals surface area contributed by atoms with Gasteiger partial charge in [0.25, 0.3) is 0 Å². The lowest BCUT2D eigenvalue weighted by molar-refractivity contribution is -0.140. The Balaban J connectivity index is 2.12. The van der Waals surface area contributed by atoms with Gasteiger partial charge < -0.3 is 5.11 Å². The number of aryl methyl sites for hydroxylation is 1. The molecule has 0 amide bonds. The number of nitrogens with one attached hydrogen (secondary N) is 1. The first-order valence-corrected chi connectivity index (χ1v) is 6.79. The van der Waals surface area contributed by atoms with Crippen LogP contribution < -0.4 is 5.32 Å². The van der Waals surface area contributed by atoms with Crippen molar-refractivity contribution in [3.63, 3.8) is 0 Å². The van der Waals surface area contributed by atoms with Crippen LogP contribution in [-0.2, 0) is 11.2 Å². The van der Waals surface area contributed by atoms with E-state index in [-0.39, 0.29) is 6.04 Å². The molecule has 98 valence electrons. The van der Waals surface area contributed by atoms with Gasteiger partial charge in [-0.05, 0) is 36.8 Å². The van der Waals surface area contributed by atoms with Crippen LogP contribution in [0, 0.1) is 0 Å². The van der Waals surface area contributed by atoms with E-state index in [1.807, 2.05) is 13.0 Å². The molecular formula is C15H21NO2. The first-order chi connectivity index (χ1) is 8.72. The summed E-state index contributed by atoms with van der Waals surface area (Å²) in [7, 11) is 0. The molecule has 0 saturated heterocycles. The smallest absolute Gasteiger partial charge is 0.320 e. The summed E-state index contributed by atoms with van der Waals surface area (Å²) in [6.07, 6.45) is 4.85. The molecule has 3 nitrogen and oxygen atoms in total. The normalized spacial score (nSPS) is 20.2. The van der Waals surface area contributed by atoms with E-state index in [1.54, 1.807) is 0 Å². The number of carboxylic acid groups (broad SMARTS) is 1. The lowest BCUT2D eigenvalue weighted by Crippen LogP contribution is -2.40. The van der Waals surface area contributed by atoms with E-state index >= 15 is 0 Å². The van der Waals surface area contributed by atoms with Gasteiger partial charge in [-0.2, -0.15) is 0 Å². The lowest BCUT2D eigenvalue weighted by atomic mass is 9.87. The van der Waals surface area contributed by atoms with Gasteiger partial charge in [0.2, 0.25) is 0 Å². The molecule has 0 aromatic heterocycles. The van der Waals surface area contributed by atoms with Crippen molar-refractivity contribution in [3.05, 3.63) is 35.4 Å². The highest BCUT2D eigenvalue weighted by Crippen LogP contribution is 2.30. The van der Waals surface area contributed by atoms with Gasteiger partial charge in [-0.15, -0.1) is 0 Å². The van der Waals surface area contributed by atoms with Gasteiger partial charge in [-0.1, -0.05) is 37.6 Å². The highest BCUT2D eigenvalue weighted by Gasteiger charge is 2.25. The van der Waals surface area contributed by atoms with Crippen LogP contribution in [0.5, 0.6) is 0 Å². The van der Waals surface area contributed by atoms with Crippen LogP contribution in [0.1, 0.15) is 49.8 Å². The summed E-state index contributed by atoms with van der Waals surface area (Å²) in [5, 5.41) is 12.5. The second kappa shape index (κ2) is 6.01. The van der Waals surface area contributed by atoms with Gasteiger partial charge in [0.05, 0.1) is 0 Å². The van der Waals surface area contributed by atoms with E-state index < -0.39 is 12.0 Å². The Kier molecular flexibility index (Phi) is 4.37. The van der Waals surface area contributed by atoms with Crippen LogP contribution in [0.25, 0.3) is 0 Å². The third-order valence-electron chi connectivity index (χ3n) is 3.65. The number of fused-ring (bicyclic) bond motifs is 1. The fraction of sp³-hybridized carbons (Fsp3) is 0.533. The number of benzene rings is 1. The topological polar surface area (TPSA) is 49.3 Å². The molecule has 0 fully saturated rings. The van der Waals surface area contributed by atoms with Crippen LogP contribution in [0.15, 0.2) is 24.3 Å². The number of hydrogen-bond acceptors (Lipinski definition) is 2. The minimum absolute atomic E-state index is 0.197. The molecule has 2 N–H and O–H groups in total. The van der Waals surface area contributed by atoms with E-state index in [2.05, 4.69) is 23.5 Å². The summed E-state index contributed by atoms with van der Waals surface area (Å²) in [6, 6.07) is 8.14. The molecule has 2 rings (SSSR count). The zero-order chi connectivity index (χ0) is 13.0. The minimum Gasteiger partial charge on any atom is -0.480 e. The summed E-state index contributed by atoms with van der Waals surface area (Å²) in [6.45, 7) is 2.02. The third kappa shape index (κ3) is 2.91. The molecule has 0 bridgehead atoms. The van der Waals surface area contributed by atoms with Gasteiger partial charge in [-0.3, -0.25) is 10.1 Å². The molecular weight excluding hydrogens is 226 g/mol. The average molecular weight is 247 g/mol. The van der Waals surface area contributed by atoms with Gasteiger partial charge in [0.1, 0.15) is 6.04 Å². The molecule has 1 aliphatic rings. The standard InChI is InChI=1S/C15H21NO2/c1-2-6-14(15(17)18)16-13-10-5-8-11-7-3-4-9-12(11)13/h3-4,7,9,13-14,16H,2,5-6,8,10H2,1H3,(H,17,18). The van der Waals surface area contributed by atoms with Crippen molar-refractivity contribution in [2.24, 2.45) is 0 Å². The number of aliphatic carboxylic acids is 1. The van der Waals surface area contributed by atoms with Crippen molar-refractivity contribution in [2.45, 2.75) is 51.1 Å². The highest BCUT2D eigenvalue weighted by molar-refractivity contribution is 5.73. The molecule has 3 heteroatoms. The molecule has 0 heterocycles. The molecule has 18 heavy (non-hydrogen) atoms.